The summed E-state index contributed by atoms with van der Waals surface area (Å²) < 4.78 is 16.4. The average molecular weight is 547 g/mol. The van der Waals surface area contributed by atoms with Crippen LogP contribution in [0.2, 0.25) is 0 Å². The summed E-state index contributed by atoms with van der Waals surface area (Å²) in [5.74, 6) is 2.64. The van der Waals surface area contributed by atoms with Crippen LogP contribution in [0.1, 0.15) is 16.7 Å². The van der Waals surface area contributed by atoms with Crippen molar-refractivity contribution in [2.45, 2.75) is 19.6 Å². The number of aliphatic imine (C=N–C) groups is 1. The van der Waals surface area contributed by atoms with E-state index in [1.165, 1.54) is 5.56 Å². The van der Waals surface area contributed by atoms with E-state index < -0.39 is 0 Å². The molecule has 6 nitrogen and oxygen atoms in total. The number of halogens is 1. The van der Waals surface area contributed by atoms with Crippen molar-refractivity contribution in [3.05, 3.63) is 89.5 Å². The Labute approximate surface area is 206 Å². The Morgan fingerprint density at radius 3 is 2.22 bits per heavy atom. The maximum atomic E-state index is 5.99. The summed E-state index contributed by atoms with van der Waals surface area (Å²) in [5, 5.41) is 3.15. The van der Waals surface area contributed by atoms with Crippen molar-refractivity contribution < 1.29 is 14.2 Å². The molecule has 32 heavy (non-hydrogen) atoms. The van der Waals surface area contributed by atoms with Crippen molar-refractivity contribution in [3.63, 3.8) is 0 Å². The van der Waals surface area contributed by atoms with Gasteiger partial charge in [-0.2, -0.15) is 0 Å². The van der Waals surface area contributed by atoms with E-state index in [0.717, 1.165) is 23.3 Å². The topological polar surface area (TPSA) is 78.1 Å². The summed E-state index contributed by atoms with van der Waals surface area (Å²) in [5.41, 5.74) is 9.34. The maximum Gasteiger partial charge on any atom is 0.188 e. The number of methoxy groups -OCH3 is 2. The number of nitrogens with two attached hydrogens (primary N) is 1. The van der Waals surface area contributed by atoms with Gasteiger partial charge in [0.05, 0.1) is 20.8 Å². The van der Waals surface area contributed by atoms with E-state index in [9.17, 15) is 0 Å². The highest BCUT2D eigenvalue weighted by Crippen LogP contribution is 2.27. The van der Waals surface area contributed by atoms with Crippen LogP contribution in [-0.4, -0.2) is 26.7 Å². The monoisotopic (exact) mass is 547 g/mol. The number of hydrogen-bond donors (Lipinski definition) is 2. The zero-order valence-corrected chi connectivity index (χ0v) is 20.7. The zero-order valence-electron chi connectivity index (χ0n) is 18.4. The molecule has 0 saturated heterocycles. The first-order valence-corrected chi connectivity index (χ1v) is 10.2. The van der Waals surface area contributed by atoms with Gasteiger partial charge < -0.3 is 25.3 Å². The molecule has 0 aromatic heterocycles. The lowest BCUT2D eigenvalue weighted by Crippen LogP contribution is -2.33. The second-order valence-corrected chi connectivity index (χ2v) is 6.99. The fraction of sp³-hybridized carbons (Fsp3) is 0.240. The van der Waals surface area contributed by atoms with Crippen molar-refractivity contribution in [3.8, 4) is 17.2 Å². The Balaban J connectivity index is 0.00000363. The molecule has 7 heteroatoms. The van der Waals surface area contributed by atoms with E-state index in [4.69, 9.17) is 19.9 Å². The summed E-state index contributed by atoms with van der Waals surface area (Å²) in [6.45, 7) is 1.73. The molecular weight excluding hydrogens is 517 g/mol. The Kier molecular flexibility index (Phi) is 10.7. The number of nitrogens with zero attached hydrogens (tertiary/aromatic N) is 1. The molecule has 0 spiro atoms. The van der Waals surface area contributed by atoms with Crippen LogP contribution in [-0.2, 0) is 19.6 Å². The van der Waals surface area contributed by atoms with Gasteiger partial charge in [-0.25, -0.2) is 4.99 Å². The number of nitrogens with one attached hydrogen (secondary N) is 1. The van der Waals surface area contributed by atoms with Gasteiger partial charge in [0.2, 0.25) is 0 Å². The molecule has 0 radical (unpaired) electrons. The van der Waals surface area contributed by atoms with Gasteiger partial charge in [-0.15, -0.1) is 24.0 Å². The third kappa shape index (κ3) is 7.96. The predicted molar refractivity (Wildman–Crippen MR) is 139 cm³/mol. The Hall–Kier alpha value is -2.94. The van der Waals surface area contributed by atoms with E-state index >= 15 is 0 Å². The van der Waals surface area contributed by atoms with E-state index in [0.29, 0.717) is 37.2 Å². The molecule has 0 heterocycles. The van der Waals surface area contributed by atoms with Crippen LogP contribution in [0.25, 0.3) is 0 Å². The van der Waals surface area contributed by atoms with Crippen LogP contribution >= 0.6 is 24.0 Å². The van der Waals surface area contributed by atoms with Crippen LogP contribution in [0.4, 0.5) is 0 Å². The zero-order chi connectivity index (χ0) is 21.9. The number of benzene rings is 3. The van der Waals surface area contributed by atoms with Crippen LogP contribution in [0, 0.1) is 0 Å². The summed E-state index contributed by atoms with van der Waals surface area (Å²) >= 11 is 0. The third-order valence-electron chi connectivity index (χ3n) is 4.77. The SMILES string of the molecule is COc1ccc(CN=C(N)NCCc2ccc(OCc3ccccc3)cc2)cc1OC.I. The smallest absolute Gasteiger partial charge is 0.188 e. The molecule has 3 N–H and O–H groups in total. The lowest BCUT2D eigenvalue weighted by molar-refractivity contribution is 0.306. The molecule has 0 aliphatic rings. The molecule has 3 aromatic rings. The van der Waals surface area contributed by atoms with Gasteiger partial charge in [0.15, 0.2) is 17.5 Å². The molecule has 0 aliphatic carbocycles. The highest BCUT2D eigenvalue weighted by Gasteiger charge is 2.04. The minimum absolute atomic E-state index is 0. The Bertz CT molecular complexity index is 979. The van der Waals surface area contributed by atoms with Crippen molar-refractivity contribution in [2.75, 3.05) is 20.8 Å². The van der Waals surface area contributed by atoms with E-state index in [2.05, 4.69) is 34.6 Å². The quantitative estimate of drug-likeness (QED) is 0.221. The van der Waals surface area contributed by atoms with Crippen LogP contribution in [0.15, 0.2) is 77.8 Å². The Morgan fingerprint density at radius 2 is 1.53 bits per heavy atom. The summed E-state index contributed by atoms with van der Waals surface area (Å²) in [6.07, 6.45) is 0.839. The maximum absolute atomic E-state index is 5.99. The van der Waals surface area contributed by atoms with Crippen molar-refractivity contribution in [1.82, 2.24) is 5.32 Å². The lowest BCUT2D eigenvalue weighted by atomic mass is 10.1. The summed E-state index contributed by atoms with van der Waals surface area (Å²) in [7, 11) is 3.23. The van der Waals surface area contributed by atoms with Gasteiger partial charge in [0.25, 0.3) is 0 Å². The van der Waals surface area contributed by atoms with Gasteiger partial charge in [-0.05, 0) is 47.4 Å². The first-order valence-electron chi connectivity index (χ1n) is 10.2. The summed E-state index contributed by atoms with van der Waals surface area (Å²) in [4.78, 5) is 4.39. The van der Waals surface area contributed by atoms with Crippen LogP contribution in [0.3, 0.4) is 0 Å². The first kappa shape index (κ1) is 25.3. The molecule has 0 amide bonds. The first-order chi connectivity index (χ1) is 15.2. The second-order valence-electron chi connectivity index (χ2n) is 6.99. The largest absolute Gasteiger partial charge is 0.493 e. The molecule has 0 bridgehead atoms. The Morgan fingerprint density at radius 1 is 0.844 bits per heavy atom. The predicted octanol–water partition coefficient (Wildman–Crippen LogP) is 4.55. The molecule has 3 rings (SSSR count). The highest BCUT2D eigenvalue weighted by molar-refractivity contribution is 14.0. The summed E-state index contributed by atoms with van der Waals surface area (Å²) in [6, 6.07) is 24.0. The fourth-order valence-corrected chi connectivity index (χ4v) is 3.04. The number of guanidine groups is 1. The van der Waals surface area contributed by atoms with Crippen LogP contribution in [0.5, 0.6) is 17.2 Å². The highest BCUT2D eigenvalue weighted by atomic mass is 127. The minimum Gasteiger partial charge on any atom is -0.493 e. The molecule has 0 fully saturated rings. The molecule has 0 unspecified atom stereocenters. The van der Waals surface area contributed by atoms with Crippen molar-refractivity contribution in [2.24, 2.45) is 10.7 Å². The molecule has 0 atom stereocenters. The second kappa shape index (κ2) is 13.5. The van der Waals surface area contributed by atoms with Gasteiger partial charge in [0.1, 0.15) is 12.4 Å². The molecule has 0 saturated carbocycles. The van der Waals surface area contributed by atoms with Crippen molar-refractivity contribution in [1.29, 1.82) is 0 Å². The van der Waals surface area contributed by atoms with Crippen LogP contribution < -0.4 is 25.3 Å². The van der Waals surface area contributed by atoms with Gasteiger partial charge in [-0.1, -0.05) is 48.5 Å². The number of ether oxygens (including phenoxy) is 3. The normalized spacial score (nSPS) is 10.8. The van der Waals surface area contributed by atoms with E-state index in [-0.39, 0.29) is 24.0 Å². The molecule has 0 aliphatic heterocycles. The van der Waals surface area contributed by atoms with E-state index in [1.807, 2.05) is 48.5 Å². The fourth-order valence-electron chi connectivity index (χ4n) is 3.04. The van der Waals surface area contributed by atoms with Crippen molar-refractivity contribution >= 4 is 29.9 Å². The number of hydrogen-bond acceptors (Lipinski definition) is 4. The van der Waals surface area contributed by atoms with Gasteiger partial charge in [-0.3, -0.25) is 0 Å². The third-order valence-corrected chi connectivity index (χ3v) is 4.77. The number of rotatable bonds is 10. The molecular formula is C25H30IN3O3. The molecule has 3 aromatic carbocycles. The average Bonchev–Trinajstić information content (AvgIpc) is 2.82. The lowest BCUT2D eigenvalue weighted by Gasteiger charge is -2.10. The minimum atomic E-state index is 0. The molecule has 170 valence electrons. The standard InChI is InChI=1S/C25H29N3O3.HI/c1-29-23-13-10-21(16-24(23)30-2)17-28-25(26)27-15-14-19-8-11-22(12-9-19)31-18-20-6-4-3-5-7-20;/h3-13,16H,14-15,17-18H2,1-2H3,(H3,26,27,28);1H. The van der Waals surface area contributed by atoms with Gasteiger partial charge in [0, 0.05) is 6.54 Å². The van der Waals surface area contributed by atoms with E-state index in [1.54, 1.807) is 14.2 Å². The van der Waals surface area contributed by atoms with Gasteiger partial charge >= 0.3 is 0 Å².